The summed E-state index contributed by atoms with van der Waals surface area (Å²) in [4.78, 5) is 27.3. The first-order valence-corrected chi connectivity index (χ1v) is 9.44. The van der Waals surface area contributed by atoms with E-state index in [1.165, 1.54) is 35.2 Å². The van der Waals surface area contributed by atoms with E-state index in [0.29, 0.717) is 40.0 Å². The first kappa shape index (κ1) is 17.4. The second kappa shape index (κ2) is 7.66. The number of benzene rings is 1. The monoisotopic (exact) mass is 377 g/mol. The minimum Gasteiger partial charge on any atom is -0.492 e. The van der Waals surface area contributed by atoms with E-state index in [0.717, 1.165) is 0 Å². The number of non-ortho nitro benzene ring substituents is 1. The number of rotatable bonds is 7. The van der Waals surface area contributed by atoms with E-state index in [9.17, 15) is 14.9 Å². The molecule has 7 nitrogen and oxygen atoms in total. The molecule has 0 unspecified atom stereocenters. The Morgan fingerprint density at radius 1 is 1.40 bits per heavy atom. The Labute approximate surface area is 151 Å². The second-order valence-electron chi connectivity index (χ2n) is 5.03. The lowest BCUT2D eigenvalue weighted by Crippen LogP contribution is -2.21. The summed E-state index contributed by atoms with van der Waals surface area (Å²) >= 11 is 2.83. The van der Waals surface area contributed by atoms with Gasteiger partial charge in [0.25, 0.3) is 11.2 Å². The molecule has 0 aliphatic carbocycles. The maximum atomic E-state index is 12.4. The van der Waals surface area contributed by atoms with E-state index in [-0.39, 0.29) is 11.2 Å². The molecule has 0 saturated heterocycles. The van der Waals surface area contributed by atoms with Gasteiger partial charge in [-0.15, -0.1) is 11.3 Å². The third kappa shape index (κ3) is 3.83. The van der Waals surface area contributed by atoms with Crippen LogP contribution in [0.5, 0.6) is 5.75 Å². The van der Waals surface area contributed by atoms with Crippen molar-refractivity contribution in [1.82, 2.24) is 9.55 Å². The highest BCUT2D eigenvalue weighted by molar-refractivity contribution is 7.99. The van der Waals surface area contributed by atoms with Gasteiger partial charge in [0.15, 0.2) is 5.16 Å². The summed E-state index contributed by atoms with van der Waals surface area (Å²) < 4.78 is 7.87. The number of hydrogen-bond acceptors (Lipinski definition) is 7. The average molecular weight is 377 g/mol. The van der Waals surface area contributed by atoms with Crippen LogP contribution >= 0.6 is 23.1 Å². The molecular formula is C16H15N3O4S2. The number of thioether (sulfide) groups is 1. The van der Waals surface area contributed by atoms with E-state index in [1.54, 1.807) is 16.7 Å². The zero-order valence-corrected chi connectivity index (χ0v) is 15.0. The molecule has 0 radical (unpaired) electrons. The van der Waals surface area contributed by atoms with Gasteiger partial charge in [-0.05, 0) is 24.4 Å². The molecule has 2 heterocycles. The van der Waals surface area contributed by atoms with Gasteiger partial charge in [-0.3, -0.25) is 19.5 Å². The quantitative estimate of drug-likeness (QED) is 0.206. The molecule has 9 heteroatoms. The number of ether oxygens (including phenoxy) is 1. The highest BCUT2D eigenvalue weighted by Gasteiger charge is 2.11. The summed E-state index contributed by atoms with van der Waals surface area (Å²) in [6.07, 6.45) is 0. The van der Waals surface area contributed by atoms with Gasteiger partial charge in [-0.2, -0.15) is 0 Å². The van der Waals surface area contributed by atoms with Crippen molar-refractivity contribution < 1.29 is 9.66 Å². The molecule has 0 aliphatic rings. The molecule has 0 bridgehead atoms. The topological polar surface area (TPSA) is 87.3 Å². The van der Waals surface area contributed by atoms with Gasteiger partial charge in [-0.1, -0.05) is 17.8 Å². The molecule has 1 aromatic carbocycles. The van der Waals surface area contributed by atoms with E-state index in [2.05, 4.69) is 4.98 Å². The summed E-state index contributed by atoms with van der Waals surface area (Å²) in [6.45, 7) is 2.81. The van der Waals surface area contributed by atoms with Gasteiger partial charge in [0.05, 0.1) is 23.1 Å². The number of fused-ring (bicyclic) bond motifs is 1. The zero-order valence-electron chi connectivity index (χ0n) is 13.4. The van der Waals surface area contributed by atoms with Crippen LogP contribution in [0.15, 0.2) is 45.7 Å². The van der Waals surface area contributed by atoms with Crippen molar-refractivity contribution in [3.63, 3.8) is 0 Å². The number of aromatic nitrogens is 2. The minimum atomic E-state index is -0.457. The fourth-order valence-electron chi connectivity index (χ4n) is 2.29. The molecule has 0 aliphatic heterocycles. The van der Waals surface area contributed by atoms with E-state index in [1.807, 2.05) is 18.4 Å². The van der Waals surface area contributed by atoms with Crippen LogP contribution in [0.2, 0.25) is 0 Å². The molecule has 3 rings (SSSR count). The Hall–Kier alpha value is -2.39. The molecule has 130 valence electrons. The Balaban J connectivity index is 1.66. The van der Waals surface area contributed by atoms with Gasteiger partial charge in [0.1, 0.15) is 10.4 Å². The highest BCUT2D eigenvalue weighted by atomic mass is 32.2. The van der Waals surface area contributed by atoms with Crippen LogP contribution in [-0.4, -0.2) is 26.8 Å². The van der Waals surface area contributed by atoms with Crippen LogP contribution < -0.4 is 10.3 Å². The standard InChI is InChI=1S/C16H15N3O4S2/c1-2-18-15(20)14-13(6-8-24-14)17-16(18)25-9-7-23-12-5-3-4-11(10-12)19(21)22/h3-6,8,10H,2,7,9H2,1H3. The van der Waals surface area contributed by atoms with Crippen LogP contribution in [0.25, 0.3) is 10.2 Å². The zero-order chi connectivity index (χ0) is 17.8. The largest absolute Gasteiger partial charge is 0.492 e. The van der Waals surface area contributed by atoms with Crippen LogP contribution in [0.3, 0.4) is 0 Å². The van der Waals surface area contributed by atoms with Crippen molar-refractivity contribution in [2.24, 2.45) is 0 Å². The van der Waals surface area contributed by atoms with Crippen molar-refractivity contribution in [1.29, 1.82) is 0 Å². The number of nitro benzene ring substituents is 1. The van der Waals surface area contributed by atoms with E-state index in [4.69, 9.17) is 4.74 Å². The second-order valence-corrected chi connectivity index (χ2v) is 7.01. The van der Waals surface area contributed by atoms with Gasteiger partial charge in [-0.25, -0.2) is 4.98 Å². The molecule has 0 N–H and O–H groups in total. The first-order valence-electron chi connectivity index (χ1n) is 7.58. The lowest BCUT2D eigenvalue weighted by Gasteiger charge is -2.10. The predicted octanol–water partition coefficient (Wildman–Crippen LogP) is 3.56. The summed E-state index contributed by atoms with van der Waals surface area (Å²) in [6, 6.07) is 7.91. The van der Waals surface area contributed by atoms with E-state index >= 15 is 0 Å². The van der Waals surface area contributed by atoms with Gasteiger partial charge >= 0.3 is 0 Å². The lowest BCUT2D eigenvalue weighted by molar-refractivity contribution is -0.384. The number of nitro groups is 1. The van der Waals surface area contributed by atoms with Crippen molar-refractivity contribution >= 4 is 39.0 Å². The smallest absolute Gasteiger partial charge is 0.273 e. The Bertz CT molecular complexity index is 967. The van der Waals surface area contributed by atoms with Gasteiger partial charge < -0.3 is 4.74 Å². The third-order valence-corrected chi connectivity index (χ3v) is 5.29. The number of hydrogen-bond donors (Lipinski definition) is 0. The number of nitrogens with zero attached hydrogens (tertiary/aromatic N) is 3. The predicted molar refractivity (Wildman–Crippen MR) is 98.9 cm³/mol. The maximum Gasteiger partial charge on any atom is 0.273 e. The van der Waals surface area contributed by atoms with Crippen LogP contribution in [0.4, 0.5) is 5.69 Å². The van der Waals surface area contributed by atoms with Crippen LogP contribution in [0.1, 0.15) is 6.92 Å². The van der Waals surface area contributed by atoms with E-state index < -0.39 is 4.92 Å². The van der Waals surface area contributed by atoms with Crippen LogP contribution in [0, 0.1) is 10.1 Å². The minimum absolute atomic E-state index is 0.00505. The van der Waals surface area contributed by atoms with Crippen molar-refractivity contribution in [2.75, 3.05) is 12.4 Å². The molecular weight excluding hydrogens is 362 g/mol. The van der Waals surface area contributed by atoms with Gasteiger partial charge in [0, 0.05) is 18.4 Å². The summed E-state index contributed by atoms with van der Waals surface area (Å²) in [5, 5.41) is 13.3. The Morgan fingerprint density at radius 2 is 2.24 bits per heavy atom. The molecule has 0 amide bonds. The fraction of sp³-hybridized carbons (Fsp3) is 0.250. The molecule has 0 saturated carbocycles. The molecule has 0 fully saturated rings. The summed E-state index contributed by atoms with van der Waals surface area (Å²) in [5.41, 5.74) is 0.681. The molecule has 25 heavy (non-hydrogen) atoms. The SMILES string of the molecule is CCn1c(SCCOc2cccc([N+](=O)[O-])c2)nc2ccsc2c1=O. The Kier molecular flexibility index (Phi) is 5.34. The van der Waals surface area contributed by atoms with Crippen molar-refractivity contribution in [2.45, 2.75) is 18.6 Å². The van der Waals surface area contributed by atoms with Crippen molar-refractivity contribution in [3.05, 3.63) is 56.2 Å². The van der Waals surface area contributed by atoms with Crippen molar-refractivity contribution in [3.8, 4) is 5.75 Å². The lowest BCUT2D eigenvalue weighted by atomic mass is 10.3. The maximum absolute atomic E-state index is 12.4. The average Bonchev–Trinajstić information content (AvgIpc) is 3.08. The Morgan fingerprint density at radius 3 is 3.00 bits per heavy atom. The number of thiophene rings is 1. The molecule has 0 spiro atoms. The normalized spacial score (nSPS) is 10.9. The first-order chi connectivity index (χ1) is 12.1. The van der Waals surface area contributed by atoms with Crippen LogP contribution in [-0.2, 0) is 6.54 Å². The highest BCUT2D eigenvalue weighted by Crippen LogP contribution is 2.22. The molecule has 0 atom stereocenters. The summed E-state index contributed by atoms with van der Waals surface area (Å²) in [5.74, 6) is 1.02. The summed E-state index contributed by atoms with van der Waals surface area (Å²) in [7, 11) is 0. The van der Waals surface area contributed by atoms with Gasteiger partial charge in [0.2, 0.25) is 0 Å². The molecule has 3 aromatic rings. The fourth-order valence-corrected chi connectivity index (χ4v) is 3.95. The molecule has 2 aromatic heterocycles. The third-order valence-electron chi connectivity index (χ3n) is 3.46.